The van der Waals surface area contributed by atoms with Crippen molar-refractivity contribution in [2.24, 2.45) is 4.99 Å². The van der Waals surface area contributed by atoms with E-state index >= 15 is 0 Å². The Morgan fingerprint density at radius 2 is 2.05 bits per heavy atom. The molecule has 1 atom stereocenters. The molecule has 0 aromatic carbocycles. The summed E-state index contributed by atoms with van der Waals surface area (Å²) in [7, 11) is 1.67. The summed E-state index contributed by atoms with van der Waals surface area (Å²) < 4.78 is 3.97. The minimum absolute atomic E-state index is 0.197. The summed E-state index contributed by atoms with van der Waals surface area (Å²) in [6.45, 7) is 7.14. The van der Waals surface area contributed by atoms with Gasteiger partial charge in [0.1, 0.15) is 11.9 Å². The van der Waals surface area contributed by atoms with Crippen LogP contribution in [0.5, 0.6) is 0 Å². The number of aromatic nitrogens is 2. The number of hydrogen-bond acceptors (Lipinski definition) is 3. The molecular formula is C14H20N5O2+. The maximum Gasteiger partial charge on any atom is 0.401 e. The number of fused-ring (bicyclic) bond motifs is 3. The van der Waals surface area contributed by atoms with E-state index in [1.807, 2.05) is 17.7 Å². The Morgan fingerprint density at radius 3 is 2.67 bits per heavy atom. The lowest BCUT2D eigenvalue weighted by molar-refractivity contribution is -0.677. The lowest BCUT2D eigenvalue weighted by atomic mass is 10.1. The minimum atomic E-state index is -0.514. The average Bonchev–Trinajstić information content (AvgIpc) is 2.95. The standard InChI is InChI=1S/C14H20N5O2/c1-5-7-18-9(3)8-19-10-11(15-13(18)19)16(4)14(21)17(6-2)12(10)20/h8,10H,5-7H2,1-4H3/q+1. The van der Waals surface area contributed by atoms with Crippen molar-refractivity contribution in [2.45, 2.75) is 39.8 Å². The number of hydrogen-bond donors (Lipinski definition) is 0. The van der Waals surface area contributed by atoms with Gasteiger partial charge in [0, 0.05) is 13.6 Å². The summed E-state index contributed by atoms with van der Waals surface area (Å²) in [5.41, 5.74) is 1.07. The number of rotatable bonds is 3. The maximum atomic E-state index is 12.6. The Balaban J connectivity index is 2.12. The van der Waals surface area contributed by atoms with E-state index in [2.05, 4.69) is 16.5 Å². The van der Waals surface area contributed by atoms with Crippen molar-refractivity contribution in [1.82, 2.24) is 14.4 Å². The smallest absolute Gasteiger partial charge is 0.270 e. The second kappa shape index (κ2) is 4.68. The number of imide groups is 1. The van der Waals surface area contributed by atoms with Crippen molar-refractivity contribution >= 4 is 23.7 Å². The summed E-state index contributed by atoms with van der Waals surface area (Å²) >= 11 is 0. The van der Waals surface area contributed by atoms with Gasteiger partial charge in [-0.25, -0.2) is 13.9 Å². The first-order valence-electron chi connectivity index (χ1n) is 7.30. The van der Waals surface area contributed by atoms with Crippen molar-refractivity contribution in [3.05, 3.63) is 11.9 Å². The SMILES string of the molecule is CCCn1c(C)c[n+]2c1N=C1C2C(=O)N(CC)C(=O)N1C. The molecular weight excluding hydrogens is 270 g/mol. The molecule has 3 amide bonds. The number of carbonyl (C=O) groups is 2. The zero-order valence-corrected chi connectivity index (χ0v) is 12.8. The highest BCUT2D eigenvalue weighted by Crippen LogP contribution is 2.29. The number of amides is 3. The van der Waals surface area contributed by atoms with Gasteiger partial charge in [0.05, 0.1) is 6.54 Å². The van der Waals surface area contributed by atoms with Gasteiger partial charge in [0.2, 0.25) is 11.9 Å². The Bertz CT molecular complexity index is 661. The zero-order chi connectivity index (χ0) is 15.3. The van der Waals surface area contributed by atoms with Gasteiger partial charge in [0.25, 0.3) is 5.91 Å². The number of amidine groups is 1. The van der Waals surface area contributed by atoms with Crippen LogP contribution < -0.4 is 4.57 Å². The molecule has 2 aliphatic heterocycles. The van der Waals surface area contributed by atoms with E-state index in [1.165, 1.54) is 9.80 Å². The van der Waals surface area contributed by atoms with E-state index in [0.717, 1.165) is 24.6 Å². The number of aliphatic imine (C=N–C) groups is 1. The topological polar surface area (TPSA) is 61.8 Å². The first kappa shape index (κ1) is 13.8. The van der Waals surface area contributed by atoms with Crippen LogP contribution in [0.4, 0.5) is 10.7 Å². The molecule has 7 nitrogen and oxygen atoms in total. The van der Waals surface area contributed by atoms with Crippen LogP contribution in [0, 0.1) is 6.92 Å². The average molecular weight is 290 g/mol. The fourth-order valence-corrected chi connectivity index (χ4v) is 3.02. The van der Waals surface area contributed by atoms with Crippen molar-refractivity contribution in [3.63, 3.8) is 0 Å². The van der Waals surface area contributed by atoms with Crippen LogP contribution in [-0.4, -0.2) is 45.7 Å². The molecule has 0 bridgehead atoms. The fourth-order valence-electron chi connectivity index (χ4n) is 3.02. The largest absolute Gasteiger partial charge is 0.401 e. The zero-order valence-electron chi connectivity index (χ0n) is 12.8. The molecule has 2 aliphatic rings. The van der Waals surface area contributed by atoms with E-state index in [9.17, 15) is 9.59 Å². The molecule has 0 radical (unpaired) electrons. The van der Waals surface area contributed by atoms with Crippen LogP contribution in [0.2, 0.25) is 0 Å². The monoisotopic (exact) mass is 290 g/mol. The van der Waals surface area contributed by atoms with Gasteiger partial charge in [-0.1, -0.05) is 11.9 Å². The predicted octanol–water partition coefficient (Wildman–Crippen LogP) is 0.993. The van der Waals surface area contributed by atoms with Crippen LogP contribution in [-0.2, 0) is 11.3 Å². The van der Waals surface area contributed by atoms with Gasteiger partial charge >= 0.3 is 12.0 Å². The van der Waals surface area contributed by atoms with E-state index < -0.39 is 6.04 Å². The van der Waals surface area contributed by atoms with Crippen LogP contribution in [0.25, 0.3) is 0 Å². The number of carbonyl (C=O) groups excluding carboxylic acids is 2. The van der Waals surface area contributed by atoms with Crippen LogP contribution in [0.15, 0.2) is 11.2 Å². The second-order valence-electron chi connectivity index (χ2n) is 5.43. The molecule has 0 saturated carbocycles. The van der Waals surface area contributed by atoms with Crippen molar-refractivity contribution in [3.8, 4) is 0 Å². The molecule has 112 valence electrons. The molecule has 0 spiro atoms. The van der Waals surface area contributed by atoms with Crippen LogP contribution in [0.1, 0.15) is 32.0 Å². The van der Waals surface area contributed by atoms with Gasteiger partial charge in [-0.3, -0.25) is 14.6 Å². The van der Waals surface area contributed by atoms with Gasteiger partial charge in [-0.15, -0.1) is 0 Å². The summed E-state index contributed by atoms with van der Waals surface area (Å²) in [4.78, 5) is 32.1. The third-order valence-corrected chi connectivity index (χ3v) is 4.09. The third kappa shape index (κ3) is 1.73. The van der Waals surface area contributed by atoms with E-state index in [-0.39, 0.29) is 11.9 Å². The van der Waals surface area contributed by atoms with E-state index in [1.54, 1.807) is 14.0 Å². The Labute approximate surface area is 123 Å². The number of aryl methyl sites for hydroxylation is 1. The lowest BCUT2D eigenvalue weighted by Crippen LogP contribution is -2.62. The maximum absolute atomic E-state index is 12.6. The highest BCUT2D eigenvalue weighted by molar-refractivity contribution is 6.19. The normalized spacial score (nSPS) is 20.8. The molecule has 1 fully saturated rings. The molecule has 1 aromatic rings. The molecule has 7 heteroatoms. The van der Waals surface area contributed by atoms with Gasteiger partial charge in [-0.05, 0) is 20.3 Å². The van der Waals surface area contributed by atoms with Gasteiger partial charge < -0.3 is 0 Å². The molecule has 21 heavy (non-hydrogen) atoms. The second-order valence-corrected chi connectivity index (χ2v) is 5.43. The highest BCUT2D eigenvalue weighted by atomic mass is 16.2. The number of nitrogens with zero attached hydrogens (tertiary/aromatic N) is 5. The molecule has 0 N–H and O–H groups in total. The first-order valence-corrected chi connectivity index (χ1v) is 7.30. The van der Waals surface area contributed by atoms with Gasteiger partial charge in [0.15, 0.2) is 0 Å². The van der Waals surface area contributed by atoms with Crippen LogP contribution >= 0.6 is 0 Å². The quantitative estimate of drug-likeness (QED) is 0.779. The number of likely N-dealkylation sites (N-methyl/N-ethyl adjacent to an activating group) is 2. The van der Waals surface area contributed by atoms with Crippen LogP contribution in [0.3, 0.4) is 0 Å². The van der Waals surface area contributed by atoms with E-state index in [0.29, 0.717) is 12.4 Å². The Kier molecular flexibility index (Phi) is 3.07. The molecule has 1 unspecified atom stereocenters. The minimum Gasteiger partial charge on any atom is -0.270 e. The summed E-state index contributed by atoms with van der Waals surface area (Å²) in [5, 5.41) is 0. The van der Waals surface area contributed by atoms with Gasteiger partial charge in [-0.2, -0.15) is 0 Å². The number of urea groups is 1. The van der Waals surface area contributed by atoms with Crippen molar-refractivity contribution < 1.29 is 14.2 Å². The lowest BCUT2D eigenvalue weighted by Gasteiger charge is -2.32. The van der Waals surface area contributed by atoms with E-state index in [4.69, 9.17) is 0 Å². The molecule has 1 aromatic heterocycles. The fraction of sp³-hybridized carbons (Fsp3) is 0.571. The summed E-state index contributed by atoms with van der Waals surface area (Å²) in [6.07, 6.45) is 2.93. The van der Waals surface area contributed by atoms with Crippen molar-refractivity contribution in [1.29, 1.82) is 0 Å². The first-order chi connectivity index (χ1) is 10.0. The molecule has 3 rings (SSSR count). The Morgan fingerprint density at radius 1 is 1.33 bits per heavy atom. The summed E-state index contributed by atoms with van der Waals surface area (Å²) in [6, 6.07) is -0.818. The number of imidazole rings is 1. The highest BCUT2D eigenvalue weighted by Gasteiger charge is 2.52. The molecule has 0 aliphatic carbocycles. The predicted molar refractivity (Wildman–Crippen MR) is 76.3 cm³/mol. The third-order valence-electron chi connectivity index (χ3n) is 4.09. The van der Waals surface area contributed by atoms with Crippen molar-refractivity contribution in [2.75, 3.05) is 13.6 Å². The summed E-state index contributed by atoms with van der Waals surface area (Å²) in [5.74, 6) is 1.08. The molecule has 1 saturated heterocycles. The Hall–Kier alpha value is -2.18. The molecule has 3 heterocycles.